The van der Waals surface area contributed by atoms with Crippen LogP contribution in [0.1, 0.15) is 53.7 Å². The Labute approximate surface area is 224 Å². The zero-order valence-electron chi connectivity index (χ0n) is 21.0. The van der Waals surface area contributed by atoms with Gasteiger partial charge in [0.25, 0.3) is 0 Å². The monoisotopic (exact) mass is 514 g/mol. The number of hydrogen-bond acceptors (Lipinski definition) is 5. The van der Waals surface area contributed by atoms with Crippen LogP contribution < -0.4 is 4.90 Å². The average Bonchev–Trinajstić information content (AvgIpc) is 3.39. The highest BCUT2D eigenvalue weighted by molar-refractivity contribution is 6.32. The number of carbonyl (C=O) groups is 3. The molecule has 3 aromatic carbocycles. The van der Waals surface area contributed by atoms with E-state index >= 15 is 0 Å². The average molecular weight is 515 g/mol. The van der Waals surface area contributed by atoms with Crippen molar-refractivity contribution in [3.63, 3.8) is 0 Å². The Balaban J connectivity index is 1.54. The van der Waals surface area contributed by atoms with Gasteiger partial charge in [0.05, 0.1) is 6.04 Å². The van der Waals surface area contributed by atoms with Gasteiger partial charge in [-0.15, -0.1) is 0 Å². The summed E-state index contributed by atoms with van der Waals surface area (Å²) in [6, 6.07) is 20.4. The topological polar surface area (TPSA) is 67.3 Å². The predicted molar refractivity (Wildman–Crippen MR) is 146 cm³/mol. The van der Waals surface area contributed by atoms with Gasteiger partial charge in [-0.05, 0) is 36.8 Å². The van der Waals surface area contributed by atoms with E-state index in [1.165, 1.54) is 12.1 Å². The van der Waals surface area contributed by atoms with Crippen molar-refractivity contribution in [3.05, 3.63) is 137 Å². The Kier molecular flexibility index (Phi) is 5.04. The number of pyridine rings is 1. The third-order valence-corrected chi connectivity index (χ3v) is 8.41. The lowest BCUT2D eigenvalue weighted by Crippen LogP contribution is -2.48. The molecule has 1 aromatic heterocycles. The van der Waals surface area contributed by atoms with Gasteiger partial charge in [-0.25, -0.2) is 4.39 Å². The highest BCUT2D eigenvalue weighted by Crippen LogP contribution is 2.60. The van der Waals surface area contributed by atoms with Gasteiger partial charge in [-0.2, -0.15) is 0 Å². The number of aryl methyl sites for hydroxylation is 1. The third kappa shape index (κ3) is 3.12. The van der Waals surface area contributed by atoms with Gasteiger partial charge in [-0.1, -0.05) is 72.3 Å². The van der Waals surface area contributed by atoms with Crippen LogP contribution >= 0.6 is 0 Å². The highest BCUT2D eigenvalue weighted by Gasteiger charge is 2.71. The standard InChI is InChI=1S/C33H23FN2O3/c1-19-8-10-20(11-9-19)30(37)29-28(22-5-4-16-35-18-22)33(31(38)24-6-2-3-7-25(24)32(33)39)27-15-12-21-17-23(34)13-14-26(21)36(27)29/h2-18,27-29H,1H3. The molecule has 0 amide bonds. The molecule has 190 valence electrons. The van der Waals surface area contributed by atoms with Crippen molar-refractivity contribution in [1.82, 2.24) is 4.98 Å². The van der Waals surface area contributed by atoms with E-state index in [-0.39, 0.29) is 17.3 Å². The number of rotatable bonds is 3. The first-order chi connectivity index (χ1) is 18.9. The maximum absolute atomic E-state index is 14.5. The Morgan fingerprint density at radius 3 is 2.31 bits per heavy atom. The maximum Gasteiger partial charge on any atom is 0.185 e. The minimum atomic E-state index is -1.60. The zero-order chi connectivity index (χ0) is 26.9. The molecule has 5 nitrogen and oxygen atoms in total. The molecule has 7 rings (SSSR count). The van der Waals surface area contributed by atoms with Crippen molar-refractivity contribution in [1.29, 1.82) is 0 Å². The quantitative estimate of drug-likeness (QED) is 0.254. The van der Waals surface area contributed by atoms with Crippen molar-refractivity contribution in [3.8, 4) is 0 Å². The third-order valence-electron chi connectivity index (χ3n) is 8.41. The Morgan fingerprint density at radius 1 is 0.923 bits per heavy atom. The lowest BCUT2D eigenvalue weighted by molar-refractivity contribution is 0.0666. The molecule has 1 spiro atoms. The van der Waals surface area contributed by atoms with Crippen LogP contribution in [0.4, 0.5) is 10.1 Å². The molecular formula is C33H23FN2O3. The molecule has 3 unspecified atom stereocenters. The largest absolute Gasteiger partial charge is 0.352 e. The van der Waals surface area contributed by atoms with Crippen LogP contribution in [0.25, 0.3) is 6.08 Å². The van der Waals surface area contributed by atoms with E-state index in [0.717, 1.165) is 5.56 Å². The SMILES string of the molecule is Cc1ccc(C(=O)C2C(c3cccnc3)C3(C(=O)c4ccccc4C3=O)C3C=Cc4cc(F)ccc4N23)cc1. The van der Waals surface area contributed by atoms with Crippen LogP contribution in [0.3, 0.4) is 0 Å². The Hall–Kier alpha value is -4.71. The molecule has 1 fully saturated rings. The van der Waals surface area contributed by atoms with E-state index in [1.54, 1.807) is 73.1 Å². The predicted octanol–water partition coefficient (Wildman–Crippen LogP) is 5.85. The van der Waals surface area contributed by atoms with Gasteiger partial charge in [0.1, 0.15) is 17.3 Å². The lowest BCUT2D eigenvalue weighted by atomic mass is 9.64. The van der Waals surface area contributed by atoms with Crippen molar-refractivity contribution >= 4 is 29.1 Å². The molecular weight excluding hydrogens is 491 g/mol. The second-order valence-corrected chi connectivity index (χ2v) is 10.4. The number of hydrogen-bond donors (Lipinski definition) is 0. The molecule has 3 atom stereocenters. The summed E-state index contributed by atoms with van der Waals surface area (Å²) in [5, 5.41) is 0. The zero-order valence-corrected chi connectivity index (χ0v) is 21.0. The van der Waals surface area contributed by atoms with Crippen molar-refractivity contribution in [2.45, 2.75) is 24.9 Å². The first kappa shape index (κ1) is 23.4. The van der Waals surface area contributed by atoms with Gasteiger partial charge in [0.2, 0.25) is 0 Å². The number of Topliss-reactive ketones (excluding diaryl/α,β-unsaturated/α-hetero) is 3. The molecule has 0 N–H and O–H groups in total. The molecule has 4 aromatic rings. The molecule has 3 aliphatic rings. The molecule has 0 bridgehead atoms. The summed E-state index contributed by atoms with van der Waals surface area (Å²) in [4.78, 5) is 49.7. The molecule has 0 radical (unpaired) electrons. The number of benzene rings is 3. The second-order valence-electron chi connectivity index (χ2n) is 10.4. The number of aromatic nitrogens is 1. The van der Waals surface area contributed by atoms with Crippen LogP contribution in [0.15, 0.2) is 97.3 Å². The fourth-order valence-electron chi connectivity index (χ4n) is 6.77. The van der Waals surface area contributed by atoms with Crippen LogP contribution in [-0.2, 0) is 0 Å². The number of fused-ring (bicyclic) bond motifs is 5. The van der Waals surface area contributed by atoms with Gasteiger partial charge in [-0.3, -0.25) is 19.4 Å². The summed E-state index contributed by atoms with van der Waals surface area (Å²) < 4.78 is 14.3. The number of anilines is 1. The van der Waals surface area contributed by atoms with Crippen molar-refractivity contribution < 1.29 is 18.8 Å². The molecule has 1 aliphatic carbocycles. The summed E-state index contributed by atoms with van der Waals surface area (Å²) in [6.07, 6.45) is 6.80. The minimum absolute atomic E-state index is 0.215. The minimum Gasteiger partial charge on any atom is -0.352 e. The maximum atomic E-state index is 14.5. The molecule has 0 saturated carbocycles. The normalized spacial score (nSPS) is 22.1. The van der Waals surface area contributed by atoms with Gasteiger partial charge in [0, 0.05) is 46.3 Å². The number of halogens is 1. The van der Waals surface area contributed by atoms with Crippen molar-refractivity contribution in [2.75, 3.05) is 4.90 Å². The molecule has 6 heteroatoms. The van der Waals surface area contributed by atoms with Crippen LogP contribution in [0.2, 0.25) is 0 Å². The summed E-state index contributed by atoms with van der Waals surface area (Å²) in [5.41, 5.74) is 2.43. The van der Waals surface area contributed by atoms with E-state index in [4.69, 9.17) is 0 Å². The van der Waals surface area contributed by atoms with E-state index in [2.05, 4.69) is 4.98 Å². The molecule has 2 aliphatic heterocycles. The highest BCUT2D eigenvalue weighted by atomic mass is 19.1. The van der Waals surface area contributed by atoms with E-state index in [1.807, 2.05) is 30.0 Å². The van der Waals surface area contributed by atoms with Crippen LogP contribution in [-0.4, -0.2) is 34.4 Å². The summed E-state index contributed by atoms with van der Waals surface area (Å²) in [5.74, 6) is -2.06. The lowest BCUT2D eigenvalue weighted by Gasteiger charge is -2.37. The first-order valence-corrected chi connectivity index (χ1v) is 12.9. The van der Waals surface area contributed by atoms with Crippen LogP contribution in [0, 0.1) is 18.2 Å². The Morgan fingerprint density at radius 2 is 1.64 bits per heavy atom. The van der Waals surface area contributed by atoms with Gasteiger partial charge < -0.3 is 4.90 Å². The van der Waals surface area contributed by atoms with E-state index in [0.29, 0.717) is 33.5 Å². The fourth-order valence-corrected chi connectivity index (χ4v) is 6.77. The molecule has 3 heterocycles. The smallest absolute Gasteiger partial charge is 0.185 e. The summed E-state index contributed by atoms with van der Waals surface area (Å²) in [6.45, 7) is 1.95. The summed E-state index contributed by atoms with van der Waals surface area (Å²) in [7, 11) is 0. The van der Waals surface area contributed by atoms with E-state index in [9.17, 15) is 18.8 Å². The number of nitrogens with zero attached hydrogens (tertiary/aromatic N) is 2. The molecule has 1 saturated heterocycles. The first-order valence-electron chi connectivity index (χ1n) is 12.9. The van der Waals surface area contributed by atoms with Gasteiger partial charge in [0.15, 0.2) is 17.3 Å². The number of ketones is 3. The fraction of sp³-hybridized carbons (Fsp3) is 0.152. The number of carbonyl (C=O) groups excluding carboxylic acids is 3. The van der Waals surface area contributed by atoms with Gasteiger partial charge >= 0.3 is 0 Å². The second kappa shape index (κ2) is 8.40. The Bertz CT molecular complexity index is 1680. The molecule has 39 heavy (non-hydrogen) atoms. The van der Waals surface area contributed by atoms with Crippen molar-refractivity contribution in [2.24, 2.45) is 5.41 Å². The van der Waals surface area contributed by atoms with Crippen LogP contribution in [0.5, 0.6) is 0 Å². The van der Waals surface area contributed by atoms with E-state index < -0.39 is 29.2 Å². The summed E-state index contributed by atoms with van der Waals surface area (Å²) >= 11 is 0.